The fraction of sp³-hybridized carbons (Fsp3) is 0.400. The van der Waals surface area contributed by atoms with Gasteiger partial charge >= 0.3 is 0 Å². The third kappa shape index (κ3) is 2.86. The molecule has 0 N–H and O–H groups in total. The van der Waals surface area contributed by atoms with Gasteiger partial charge in [-0.05, 0) is 24.1 Å². The van der Waals surface area contributed by atoms with Crippen LogP contribution in [0.15, 0.2) is 24.5 Å². The third-order valence-electron chi connectivity index (χ3n) is 2.04. The molecule has 0 bridgehead atoms. The smallest absolute Gasteiger partial charge is 0.293 e. The van der Waals surface area contributed by atoms with Crippen LogP contribution in [0.5, 0.6) is 0 Å². The molecule has 1 aromatic heterocycles. The van der Waals surface area contributed by atoms with E-state index in [1.807, 2.05) is 12.1 Å². The summed E-state index contributed by atoms with van der Waals surface area (Å²) in [6.07, 6.45) is 4.45. The van der Waals surface area contributed by atoms with E-state index >= 15 is 0 Å². The first kappa shape index (κ1) is 9.71. The van der Waals surface area contributed by atoms with Gasteiger partial charge in [0.05, 0.1) is 6.61 Å². The molecule has 0 aliphatic rings. The Balaban J connectivity index is 2.61. The molecule has 13 heavy (non-hydrogen) atoms. The summed E-state index contributed by atoms with van der Waals surface area (Å²) in [6.45, 7) is 3.01. The zero-order chi connectivity index (χ0) is 9.52. The maximum absolute atomic E-state index is 10.0. The molecule has 0 spiro atoms. The number of aromatic nitrogens is 1. The van der Waals surface area contributed by atoms with Gasteiger partial charge < -0.3 is 4.74 Å². The maximum atomic E-state index is 10.0. The fourth-order valence-corrected chi connectivity index (χ4v) is 1.24. The van der Waals surface area contributed by atoms with Crippen molar-refractivity contribution in [1.82, 2.24) is 4.98 Å². The van der Waals surface area contributed by atoms with Crippen LogP contribution in [0.25, 0.3) is 0 Å². The van der Waals surface area contributed by atoms with Crippen molar-refractivity contribution in [3.63, 3.8) is 0 Å². The summed E-state index contributed by atoms with van der Waals surface area (Å²) in [5, 5.41) is 0. The maximum Gasteiger partial charge on any atom is 0.293 e. The number of carbonyl (C=O) groups excluding carboxylic acids is 1. The largest absolute Gasteiger partial charge is 0.467 e. The Labute approximate surface area is 77.8 Å². The van der Waals surface area contributed by atoms with E-state index in [9.17, 15) is 4.79 Å². The van der Waals surface area contributed by atoms with Gasteiger partial charge in [-0.25, -0.2) is 0 Å². The molecule has 0 saturated heterocycles. The molecule has 0 radical (unpaired) electrons. The molecule has 3 heteroatoms. The summed E-state index contributed by atoms with van der Waals surface area (Å²) < 4.78 is 4.74. The highest BCUT2D eigenvalue weighted by Crippen LogP contribution is 2.18. The minimum atomic E-state index is 0.285. The first-order valence-corrected chi connectivity index (χ1v) is 4.33. The third-order valence-corrected chi connectivity index (χ3v) is 2.04. The van der Waals surface area contributed by atoms with Crippen molar-refractivity contribution in [2.75, 3.05) is 6.61 Å². The lowest BCUT2D eigenvalue weighted by Gasteiger charge is -2.12. The molecule has 1 rings (SSSR count). The number of pyridine rings is 1. The molecule has 3 nitrogen and oxygen atoms in total. The van der Waals surface area contributed by atoms with Crippen molar-refractivity contribution in [3.05, 3.63) is 30.1 Å². The van der Waals surface area contributed by atoms with Crippen LogP contribution in [0.1, 0.15) is 24.8 Å². The Morgan fingerprint density at radius 1 is 1.54 bits per heavy atom. The summed E-state index contributed by atoms with van der Waals surface area (Å²) in [5.74, 6) is 0.285. The van der Waals surface area contributed by atoms with Crippen LogP contribution in [-0.4, -0.2) is 18.1 Å². The van der Waals surface area contributed by atoms with E-state index in [1.54, 1.807) is 12.4 Å². The second kappa shape index (κ2) is 5.30. The van der Waals surface area contributed by atoms with Crippen molar-refractivity contribution in [2.45, 2.75) is 19.3 Å². The predicted molar refractivity (Wildman–Crippen MR) is 49.3 cm³/mol. The van der Waals surface area contributed by atoms with Gasteiger partial charge in [0.1, 0.15) is 0 Å². The molecule has 1 atom stereocenters. The summed E-state index contributed by atoms with van der Waals surface area (Å²) >= 11 is 0. The van der Waals surface area contributed by atoms with Gasteiger partial charge in [0.25, 0.3) is 6.47 Å². The van der Waals surface area contributed by atoms with E-state index in [0.717, 1.165) is 6.42 Å². The van der Waals surface area contributed by atoms with Gasteiger partial charge in [-0.2, -0.15) is 0 Å². The summed E-state index contributed by atoms with van der Waals surface area (Å²) in [4.78, 5) is 14.0. The number of nitrogens with zero attached hydrogens (tertiary/aromatic N) is 1. The topological polar surface area (TPSA) is 39.2 Å². The first-order valence-electron chi connectivity index (χ1n) is 4.33. The van der Waals surface area contributed by atoms with E-state index in [-0.39, 0.29) is 5.92 Å². The summed E-state index contributed by atoms with van der Waals surface area (Å²) in [6, 6.07) is 3.89. The number of ether oxygens (including phenoxy) is 1. The number of hydrogen-bond acceptors (Lipinski definition) is 3. The first-order chi connectivity index (χ1) is 6.38. The molecule has 0 amide bonds. The van der Waals surface area contributed by atoms with E-state index < -0.39 is 0 Å². The lowest BCUT2D eigenvalue weighted by atomic mass is 9.99. The van der Waals surface area contributed by atoms with Crippen LogP contribution in [-0.2, 0) is 9.53 Å². The van der Waals surface area contributed by atoms with Gasteiger partial charge in [0.15, 0.2) is 0 Å². The quantitative estimate of drug-likeness (QED) is 0.646. The number of carbonyl (C=O) groups is 1. The molecular formula is C10H13NO2. The van der Waals surface area contributed by atoms with E-state index in [4.69, 9.17) is 4.74 Å². The highest BCUT2D eigenvalue weighted by molar-refractivity contribution is 5.37. The average Bonchev–Trinajstić information content (AvgIpc) is 2.21. The second-order valence-corrected chi connectivity index (χ2v) is 2.82. The molecule has 0 fully saturated rings. The Kier molecular flexibility index (Phi) is 3.96. The predicted octanol–water partition coefficient (Wildman–Crippen LogP) is 1.75. The van der Waals surface area contributed by atoms with Gasteiger partial charge in [-0.3, -0.25) is 9.78 Å². The Hall–Kier alpha value is -1.38. The van der Waals surface area contributed by atoms with Gasteiger partial charge in [-0.15, -0.1) is 0 Å². The monoisotopic (exact) mass is 179 g/mol. The molecule has 0 aromatic carbocycles. The molecule has 0 saturated carbocycles. The zero-order valence-corrected chi connectivity index (χ0v) is 7.64. The van der Waals surface area contributed by atoms with Crippen molar-refractivity contribution in [1.29, 1.82) is 0 Å². The molecular weight excluding hydrogens is 166 g/mol. The zero-order valence-electron chi connectivity index (χ0n) is 7.64. The molecule has 1 heterocycles. The van der Waals surface area contributed by atoms with Gasteiger partial charge in [0.2, 0.25) is 0 Å². The van der Waals surface area contributed by atoms with Gasteiger partial charge in [-0.1, -0.05) is 6.92 Å². The standard InChI is InChI=1S/C10H13NO2/c1-2-9(7-13-8-12)10-3-5-11-6-4-10/h3-6,8-9H,2,7H2,1H3. The van der Waals surface area contributed by atoms with Crippen molar-refractivity contribution in [2.24, 2.45) is 0 Å². The lowest BCUT2D eigenvalue weighted by Crippen LogP contribution is -2.06. The van der Waals surface area contributed by atoms with E-state index in [1.165, 1.54) is 5.56 Å². The van der Waals surface area contributed by atoms with E-state index in [2.05, 4.69) is 11.9 Å². The van der Waals surface area contributed by atoms with Crippen LogP contribution < -0.4 is 0 Å². The van der Waals surface area contributed by atoms with Crippen LogP contribution in [0.2, 0.25) is 0 Å². The van der Waals surface area contributed by atoms with Crippen molar-refractivity contribution in [3.8, 4) is 0 Å². The Morgan fingerprint density at radius 3 is 2.77 bits per heavy atom. The molecule has 1 unspecified atom stereocenters. The molecule has 0 aliphatic heterocycles. The number of hydrogen-bond donors (Lipinski definition) is 0. The van der Waals surface area contributed by atoms with Crippen LogP contribution >= 0.6 is 0 Å². The van der Waals surface area contributed by atoms with Crippen molar-refractivity contribution >= 4 is 6.47 Å². The molecule has 70 valence electrons. The molecule has 1 aromatic rings. The van der Waals surface area contributed by atoms with E-state index in [0.29, 0.717) is 13.1 Å². The van der Waals surface area contributed by atoms with Gasteiger partial charge in [0, 0.05) is 18.3 Å². The molecule has 0 aliphatic carbocycles. The summed E-state index contributed by atoms with van der Waals surface area (Å²) in [7, 11) is 0. The lowest BCUT2D eigenvalue weighted by molar-refractivity contribution is -0.129. The van der Waals surface area contributed by atoms with Crippen LogP contribution in [0.3, 0.4) is 0 Å². The Morgan fingerprint density at radius 2 is 2.23 bits per heavy atom. The second-order valence-electron chi connectivity index (χ2n) is 2.82. The highest BCUT2D eigenvalue weighted by Gasteiger charge is 2.08. The number of rotatable bonds is 5. The fourth-order valence-electron chi connectivity index (χ4n) is 1.24. The Bertz CT molecular complexity index is 248. The van der Waals surface area contributed by atoms with Crippen LogP contribution in [0, 0.1) is 0 Å². The normalized spacial score (nSPS) is 12.1. The minimum Gasteiger partial charge on any atom is -0.467 e. The minimum absolute atomic E-state index is 0.285. The summed E-state index contributed by atoms with van der Waals surface area (Å²) in [5.41, 5.74) is 1.17. The highest BCUT2D eigenvalue weighted by atomic mass is 16.5. The van der Waals surface area contributed by atoms with Crippen molar-refractivity contribution < 1.29 is 9.53 Å². The van der Waals surface area contributed by atoms with Crippen LogP contribution in [0.4, 0.5) is 0 Å². The average molecular weight is 179 g/mol. The SMILES string of the molecule is CCC(COC=O)c1ccncc1.